The summed E-state index contributed by atoms with van der Waals surface area (Å²) in [5, 5.41) is 24.6. The molecular weight excluding hydrogens is 440 g/mol. The number of para-hydroxylation sites is 2. The maximum absolute atomic E-state index is 13.4. The minimum atomic E-state index is -0.211. The fraction of sp³-hybridized carbons (Fsp3) is 0.190. The third-order valence-corrected chi connectivity index (χ3v) is 6.35. The van der Waals surface area contributed by atoms with E-state index in [2.05, 4.69) is 31.1 Å². The van der Waals surface area contributed by atoms with Gasteiger partial charge in [0.05, 0.1) is 22.3 Å². The number of hydrogen-bond donors (Lipinski definition) is 0. The number of aromatic nitrogens is 10. The third kappa shape index (κ3) is 3.63. The van der Waals surface area contributed by atoms with Crippen LogP contribution in [0.1, 0.15) is 23.7 Å². The Morgan fingerprint density at radius 2 is 1.45 bits per heavy atom. The Morgan fingerprint density at radius 3 is 2.15 bits per heavy atom. The lowest BCUT2D eigenvalue weighted by molar-refractivity contribution is 0.630. The largest absolute Gasteiger partial charge is 0.297 e. The molecule has 2 aromatic carbocycles. The van der Waals surface area contributed by atoms with Gasteiger partial charge in [0.25, 0.3) is 5.56 Å². The molecule has 3 aromatic heterocycles. The minimum Gasteiger partial charge on any atom is -0.283 e. The smallest absolute Gasteiger partial charge is 0.283 e. The maximum Gasteiger partial charge on any atom is 0.297 e. The van der Waals surface area contributed by atoms with Gasteiger partial charge in [0.15, 0.2) is 11.5 Å². The van der Waals surface area contributed by atoms with E-state index in [1.807, 2.05) is 81.6 Å². The Kier molecular flexibility index (Phi) is 5.34. The van der Waals surface area contributed by atoms with Crippen molar-refractivity contribution in [3.63, 3.8) is 0 Å². The van der Waals surface area contributed by atoms with Gasteiger partial charge in [0.2, 0.25) is 5.16 Å². The Hall–Kier alpha value is -4.06. The fourth-order valence-corrected chi connectivity index (χ4v) is 4.48. The first-order valence-electron chi connectivity index (χ1n) is 10.2. The molecule has 0 aliphatic rings. The summed E-state index contributed by atoms with van der Waals surface area (Å²) in [6, 6.07) is 19.1. The summed E-state index contributed by atoms with van der Waals surface area (Å²) in [6.07, 6.45) is 0. The van der Waals surface area contributed by atoms with E-state index in [0.29, 0.717) is 16.7 Å². The Labute approximate surface area is 192 Å². The fourth-order valence-electron chi connectivity index (χ4n) is 3.60. The summed E-state index contributed by atoms with van der Waals surface area (Å²) in [7, 11) is 1.83. The molecule has 166 valence electrons. The van der Waals surface area contributed by atoms with Crippen molar-refractivity contribution in [3.05, 3.63) is 82.5 Å². The van der Waals surface area contributed by atoms with Crippen LogP contribution in [0.15, 0.2) is 70.6 Å². The topological polar surface area (TPSA) is 114 Å². The zero-order valence-corrected chi connectivity index (χ0v) is 19.0. The maximum atomic E-state index is 13.4. The predicted molar refractivity (Wildman–Crippen MR) is 122 cm³/mol. The van der Waals surface area contributed by atoms with E-state index in [-0.39, 0.29) is 10.8 Å². The standard InChI is InChI=1S/C21H20N10OS/c1-14-18(20(32)31(28(14)3)17-12-8-5-9-13-17)30-21(23-25-27-30)33-15(2)19-22-24-26-29(19)16-10-6-4-7-11-16/h4-13,15H,1-3H3. The first-order chi connectivity index (χ1) is 16.1. The van der Waals surface area contributed by atoms with Crippen molar-refractivity contribution < 1.29 is 0 Å². The van der Waals surface area contributed by atoms with Crippen LogP contribution < -0.4 is 5.56 Å². The average Bonchev–Trinajstić information content (AvgIpc) is 3.55. The highest BCUT2D eigenvalue weighted by Gasteiger charge is 2.25. The van der Waals surface area contributed by atoms with Crippen LogP contribution in [0.25, 0.3) is 17.1 Å². The van der Waals surface area contributed by atoms with E-state index in [9.17, 15) is 4.79 Å². The van der Waals surface area contributed by atoms with Gasteiger partial charge in [-0.2, -0.15) is 9.36 Å². The molecule has 0 spiro atoms. The van der Waals surface area contributed by atoms with Crippen LogP contribution in [0, 0.1) is 6.92 Å². The van der Waals surface area contributed by atoms with Gasteiger partial charge in [-0.05, 0) is 59.0 Å². The molecule has 33 heavy (non-hydrogen) atoms. The van der Waals surface area contributed by atoms with E-state index < -0.39 is 0 Å². The van der Waals surface area contributed by atoms with Crippen molar-refractivity contribution in [2.75, 3.05) is 0 Å². The molecule has 0 bridgehead atoms. The highest BCUT2D eigenvalue weighted by molar-refractivity contribution is 7.99. The van der Waals surface area contributed by atoms with E-state index in [1.54, 1.807) is 14.0 Å². The second kappa shape index (κ2) is 8.47. The molecule has 0 amide bonds. The number of benzene rings is 2. The number of rotatable bonds is 6. The van der Waals surface area contributed by atoms with Crippen LogP contribution in [0.3, 0.4) is 0 Å². The van der Waals surface area contributed by atoms with Crippen LogP contribution in [0.4, 0.5) is 0 Å². The lowest BCUT2D eigenvalue weighted by atomic mass is 10.3. The summed E-state index contributed by atoms with van der Waals surface area (Å²) in [5.74, 6) is 0.646. The Balaban J connectivity index is 1.51. The normalized spacial score (nSPS) is 12.2. The van der Waals surface area contributed by atoms with E-state index in [4.69, 9.17) is 0 Å². The molecule has 11 nitrogen and oxygen atoms in total. The van der Waals surface area contributed by atoms with Gasteiger partial charge in [0, 0.05) is 7.05 Å². The van der Waals surface area contributed by atoms with Gasteiger partial charge in [-0.1, -0.05) is 48.2 Å². The summed E-state index contributed by atoms with van der Waals surface area (Å²) in [6.45, 7) is 3.83. The van der Waals surface area contributed by atoms with Gasteiger partial charge in [-0.15, -0.1) is 10.2 Å². The van der Waals surface area contributed by atoms with Gasteiger partial charge >= 0.3 is 0 Å². The summed E-state index contributed by atoms with van der Waals surface area (Å²) in [4.78, 5) is 13.4. The SMILES string of the molecule is Cc1c(-n2nnnc2SC(C)c2nnnn2-c2ccccc2)c(=O)n(-c2ccccc2)n1C. The van der Waals surface area contributed by atoms with Crippen LogP contribution in [-0.2, 0) is 7.05 Å². The number of hydrogen-bond acceptors (Lipinski definition) is 8. The molecule has 0 aliphatic carbocycles. The zero-order chi connectivity index (χ0) is 22.9. The zero-order valence-electron chi connectivity index (χ0n) is 18.1. The van der Waals surface area contributed by atoms with E-state index >= 15 is 0 Å². The minimum absolute atomic E-state index is 0.190. The molecule has 1 unspecified atom stereocenters. The average molecular weight is 461 g/mol. The Bertz CT molecular complexity index is 1450. The highest BCUT2D eigenvalue weighted by atomic mass is 32.2. The van der Waals surface area contributed by atoms with Crippen molar-refractivity contribution in [2.45, 2.75) is 24.3 Å². The summed E-state index contributed by atoms with van der Waals surface area (Å²) >= 11 is 1.37. The third-order valence-electron chi connectivity index (χ3n) is 5.32. The van der Waals surface area contributed by atoms with E-state index in [0.717, 1.165) is 17.1 Å². The molecule has 0 radical (unpaired) electrons. The second-order valence-corrected chi connectivity index (χ2v) is 8.64. The van der Waals surface area contributed by atoms with Gasteiger partial charge in [-0.25, -0.2) is 4.68 Å². The summed E-state index contributed by atoms with van der Waals surface area (Å²) < 4.78 is 6.56. The van der Waals surface area contributed by atoms with Crippen LogP contribution >= 0.6 is 11.8 Å². The van der Waals surface area contributed by atoms with Gasteiger partial charge < -0.3 is 0 Å². The van der Waals surface area contributed by atoms with Crippen molar-refractivity contribution in [1.29, 1.82) is 0 Å². The highest BCUT2D eigenvalue weighted by Crippen LogP contribution is 2.33. The molecule has 12 heteroatoms. The Morgan fingerprint density at radius 1 is 0.848 bits per heavy atom. The van der Waals surface area contributed by atoms with Crippen LogP contribution in [0.2, 0.25) is 0 Å². The summed E-state index contributed by atoms with van der Waals surface area (Å²) in [5.41, 5.74) is 2.53. The monoisotopic (exact) mass is 460 g/mol. The van der Waals surface area contributed by atoms with E-state index in [1.165, 1.54) is 16.4 Å². The molecule has 0 saturated heterocycles. The molecular formula is C21H20N10OS. The predicted octanol–water partition coefficient (Wildman–Crippen LogP) is 2.29. The van der Waals surface area contributed by atoms with Crippen molar-refractivity contribution in [3.8, 4) is 17.1 Å². The van der Waals surface area contributed by atoms with Crippen molar-refractivity contribution in [1.82, 2.24) is 49.8 Å². The van der Waals surface area contributed by atoms with Crippen LogP contribution in [0.5, 0.6) is 0 Å². The van der Waals surface area contributed by atoms with Gasteiger partial charge in [-0.3, -0.25) is 9.48 Å². The molecule has 0 saturated carbocycles. The second-order valence-electron chi connectivity index (χ2n) is 7.33. The number of nitrogens with zero attached hydrogens (tertiary/aromatic N) is 10. The molecule has 3 heterocycles. The quantitative estimate of drug-likeness (QED) is 0.355. The molecule has 5 aromatic rings. The molecule has 0 N–H and O–H groups in total. The van der Waals surface area contributed by atoms with Crippen LogP contribution in [-0.4, -0.2) is 49.8 Å². The molecule has 0 fully saturated rings. The molecule has 1 atom stereocenters. The number of tetrazole rings is 2. The molecule has 5 rings (SSSR count). The van der Waals surface area contributed by atoms with Crippen molar-refractivity contribution in [2.24, 2.45) is 7.05 Å². The first-order valence-corrected chi connectivity index (χ1v) is 11.1. The number of thioether (sulfide) groups is 1. The first kappa shape index (κ1) is 20.8. The lowest BCUT2D eigenvalue weighted by Crippen LogP contribution is -2.22. The van der Waals surface area contributed by atoms with Crippen molar-refractivity contribution >= 4 is 11.8 Å². The lowest BCUT2D eigenvalue weighted by Gasteiger charge is -2.10. The van der Waals surface area contributed by atoms with Gasteiger partial charge in [0.1, 0.15) is 0 Å². The molecule has 0 aliphatic heterocycles.